The first kappa shape index (κ1) is 27.1. The molecule has 0 saturated carbocycles. The van der Waals surface area contributed by atoms with E-state index in [9.17, 15) is 13.6 Å². The lowest BCUT2D eigenvalue weighted by Crippen LogP contribution is -2.05. The number of nitrogens with zero attached hydrogens (tertiary/aromatic N) is 2. The molecule has 0 N–H and O–H groups in total. The van der Waals surface area contributed by atoms with Crippen molar-refractivity contribution in [3.05, 3.63) is 121 Å². The minimum absolute atomic E-state index is 0.171. The van der Waals surface area contributed by atoms with Gasteiger partial charge in [-0.15, -0.1) is 0 Å². The van der Waals surface area contributed by atoms with Crippen molar-refractivity contribution in [2.24, 2.45) is 0 Å². The largest absolute Gasteiger partial charge is 0.344 e. The highest BCUT2D eigenvalue weighted by Crippen LogP contribution is 2.36. The minimum Gasteiger partial charge on any atom is -0.344 e. The van der Waals surface area contributed by atoms with E-state index in [-0.39, 0.29) is 17.7 Å². The smallest absolute Gasteiger partial charge is 0.167 e. The Hall–Kier alpha value is -4.51. The second-order valence-electron chi connectivity index (χ2n) is 10.4. The second kappa shape index (κ2) is 11.3. The lowest BCUT2D eigenvalue weighted by Gasteiger charge is -2.12. The molecule has 3 nitrogen and oxygen atoms in total. The Kier molecular flexibility index (Phi) is 7.65. The number of halogens is 2. The molecule has 40 heavy (non-hydrogen) atoms. The van der Waals surface area contributed by atoms with Gasteiger partial charge in [0.2, 0.25) is 0 Å². The molecule has 0 radical (unpaired) electrons. The van der Waals surface area contributed by atoms with E-state index in [0.29, 0.717) is 11.7 Å². The van der Waals surface area contributed by atoms with Gasteiger partial charge in [-0.25, -0.2) is 8.78 Å². The number of benzene rings is 4. The molecule has 0 saturated heterocycles. The van der Waals surface area contributed by atoms with Gasteiger partial charge in [-0.3, -0.25) is 4.79 Å². The molecular weight excluding hydrogens is 502 g/mol. The number of carbonyl (C=O) groups is 1. The van der Waals surface area contributed by atoms with Gasteiger partial charge in [-0.2, -0.15) is 0 Å². The number of fused-ring (bicyclic) bond motifs is 2. The van der Waals surface area contributed by atoms with E-state index in [0.717, 1.165) is 39.4 Å². The molecule has 0 aliphatic rings. The van der Waals surface area contributed by atoms with Gasteiger partial charge in [0.15, 0.2) is 6.29 Å². The van der Waals surface area contributed by atoms with Crippen LogP contribution in [0.3, 0.4) is 0 Å². The predicted molar refractivity (Wildman–Crippen MR) is 161 cm³/mol. The monoisotopic (exact) mass is 534 g/mol. The van der Waals surface area contributed by atoms with Crippen LogP contribution in [0.2, 0.25) is 0 Å². The standard InChI is InChI=1S/C18H16FNO.C17H16FN/c1-12(2)20-16-6-4-3-5-15(16)18(17(20)11-21)13-7-9-14(19)10-8-13;1-12(2)19-11-16(13-7-9-14(18)10-8-13)15-5-3-4-6-17(15)19/h3-12H,1-2H3;3-12H,1-2H3. The number of hydrogen-bond acceptors (Lipinski definition) is 1. The summed E-state index contributed by atoms with van der Waals surface area (Å²) in [4.78, 5) is 11.7. The zero-order valence-corrected chi connectivity index (χ0v) is 23.1. The zero-order chi connectivity index (χ0) is 28.4. The lowest BCUT2D eigenvalue weighted by molar-refractivity contribution is 0.111. The maximum Gasteiger partial charge on any atom is 0.167 e. The first-order valence-corrected chi connectivity index (χ1v) is 13.5. The number of hydrogen-bond donors (Lipinski definition) is 0. The molecule has 0 unspecified atom stereocenters. The van der Waals surface area contributed by atoms with Gasteiger partial charge in [0.05, 0.1) is 5.69 Å². The topological polar surface area (TPSA) is 26.9 Å². The second-order valence-corrected chi connectivity index (χ2v) is 10.4. The molecule has 0 aliphatic carbocycles. The highest BCUT2D eigenvalue weighted by atomic mass is 19.1. The average Bonchev–Trinajstić information content (AvgIpc) is 3.51. The summed E-state index contributed by atoms with van der Waals surface area (Å²) in [7, 11) is 0. The normalized spacial score (nSPS) is 11.3. The highest BCUT2D eigenvalue weighted by molar-refractivity contribution is 6.05. The van der Waals surface area contributed by atoms with Gasteiger partial charge in [0.25, 0.3) is 0 Å². The summed E-state index contributed by atoms with van der Waals surface area (Å²) in [5, 5.41) is 2.22. The first-order chi connectivity index (χ1) is 19.3. The Morgan fingerprint density at radius 1 is 0.625 bits per heavy atom. The third kappa shape index (κ3) is 5.07. The molecule has 202 valence electrons. The first-order valence-electron chi connectivity index (χ1n) is 13.5. The molecule has 2 heterocycles. The molecule has 0 bridgehead atoms. The lowest BCUT2D eigenvalue weighted by atomic mass is 10.0. The number of rotatable bonds is 5. The van der Waals surface area contributed by atoms with Crippen molar-refractivity contribution in [2.45, 2.75) is 39.8 Å². The quantitative estimate of drug-likeness (QED) is 0.202. The van der Waals surface area contributed by atoms with Crippen molar-refractivity contribution >= 4 is 28.1 Å². The van der Waals surface area contributed by atoms with Crippen LogP contribution in [0.4, 0.5) is 8.78 Å². The average molecular weight is 535 g/mol. The molecule has 0 spiro atoms. The Bertz CT molecular complexity index is 1780. The van der Waals surface area contributed by atoms with E-state index in [2.05, 4.69) is 42.8 Å². The van der Waals surface area contributed by atoms with Gasteiger partial charge in [0, 0.05) is 51.2 Å². The number of aldehydes is 1. The highest BCUT2D eigenvalue weighted by Gasteiger charge is 2.19. The van der Waals surface area contributed by atoms with Crippen molar-refractivity contribution in [1.29, 1.82) is 0 Å². The van der Waals surface area contributed by atoms with Crippen molar-refractivity contribution < 1.29 is 13.6 Å². The van der Waals surface area contributed by atoms with Crippen molar-refractivity contribution in [3.8, 4) is 22.3 Å². The van der Waals surface area contributed by atoms with Crippen LogP contribution in [0, 0.1) is 11.6 Å². The van der Waals surface area contributed by atoms with Gasteiger partial charge >= 0.3 is 0 Å². The zero-order valence-electron chi connectivity index (χ0n) is 23.1. The molecule has 0 fully saturated rings. The third-order valence-electron chi connectivity index (χ3n) is 7.16. The van der Waals surface area contributed by atoms with Crippen LogP contribution in [0.5, 0.6) is 0 Å². The van der Waals surface area contributed by atoms with E-state index < -0.39 is 0 Å². The molecule has 0 aliphatic heterocycles. The van der Waals surface area contributed by atoms with Crippen LogP contribution >= 0.6 is 0 Å². The van der Waals surface area contributed by atoms with Crippen molar-refractivity contribution in [3.63, 3.8) is 0 Å². The Morgan fingerprint density at radius 3 is 1.70 bits per heavy atom. The summed E-state index contributed by atoms with van der Waals surface area (Å²) >= 11 is 0. The molecule has 6 aromatic rings. The molecular formula is C35H32F2N2O. The summed E-state index contributed by atoms with van der Waals surface area (Å²) in [6, 6.07) is 29.8. The van der Waals surface area contributed by atoms with Crippen LogP contribution in [0.1, 0.15) is 50.3 Å². The molecule has 2 aromatic heterocycles. The van der Waals surface area contributed by atoms with E-state index >= 15 is 0 Å². The Balaban J connectivity index is 0.000000162. The fraction of sp³-hybridized carbons (Fsp3) is 0.171. The summed E-state index contributed by atoms with van der Waals surface area (Å²) < 4.78 is 30.5. The fourth-order valence-electron chi connectivity index (χ4n) is 5.37. The molecule has 6 rings (SSSR count). The maximum absolute atomic E-state index is 13.2. The van der Waals surface area contributed by atoms with Gasteiger partial charge in [-0.05, 0) is 75.2 Å². The summed E-state index contributed by atoms with van der Waals surface area (Å²) in [6.07, 6.45) is 3.04. The summed E-state index contributed by atoms with van der Waals surface area (Å²) in [6.45, 7) is 8.43. The number of carbonyl (C=O) groups excluding carboxylic acids is 1. The summed E-state index contributed by atoms with van der Waals surface area (Å²) in [5.41, 5.74) is 6.81. The minimum atomic E-state index is -0.279. The maximum atomic E-state index is 13.2. The third-order valence-corrected chi connectivity index (χ3v) is 7.16. The molecule has 4 aromatic carbocycles. The van der Waals surface area contributed by atoms with E-state index in [1.165, 1.54) is 35.2 Å². The van der Waals surface area contributed by atoms with Crippen molar-refractivity contribution in [1.82, 2.24) is 9.13 Å². The SMILES string of the molecule is CC(C)n1c(C=O)c(-c2ccc(F)cc2)c2ccccc21.CC(C)n1cc(-c2ccc(F)cc2)c2ccccc21. The van der Waals surface area contributed by atoms with Gasteiger partial charge < -0.3 is 9.13 Å². The van der Waals surface area contributed by atoms with Crippen LogP contribution in [-0.2, 0) is 0 Å². The Morgan fingerprint density at radius 2 is 1.15 bits per heavy atom. The van der Waals surface area contributed by atoms with E-state index in [4.69, 9.17) is 0 Å². The van der Waals surface area contributed by atoms with Crippen molar-refractivity contribution in [2.75, 3.05) is 0 Å². The molecule has 0 amide bonds. The molecule has 5 heteroatoms. The van der Waals surface area contributed by atoms with Crippen LogP contribution < -0.4 is 0 Å². The summed E-state index contributed by atoms with van der Waals surface area (Å²) in [5.74, 6) is -0.477. The van der Waals surface area contributed by atoms with Gasteiger partial charge in [-0.1, -0.05) is 60.7 Å². The fourth-order valence-corrected chi connectivity index (χ4v) is 5.37. The van der Waals surface area contributed by atoms with Crippen LogP contribution in [0.15, 0.2) is 103 Å². The van der Waals surface area contributed by atoms with E-state index in [1.54, 1.807) is 12.1 Å². The Labute approximate surface area is 233 Å². The predicted octanol–water partition coefficient (Wildman–Crippen LogP) is 9.87. The van der Waals surface area contributed by atoms with E-state index in [1.807, 2.05) is 60.9 Å². The number of para-hydroxylation sites is 2. The molecule has 0 atom stereocenters. The van der Waals surface area contributed by atoms with Crippen LogP contribution in [-0.4, -0.2) is 15.4 Å². The van der Waals surface area contributed by atoms with Gasteiger partial charge in [0.1, 0.15) is 11.6 Å². The van der Waals surface area contributed by atoms with Crippen LogP contribution in [0.25, 0.3) is 44.1 Å². The number of aromatic nitrogens is 2.